The van der Waals surface area contributed by atoms with Crippen molar-refractivity contribution in [2.45, 2.75) is 18.0 Å². The van der Waals surface area contributed by atoms with E-state index in [2.05, 4.69) is 15.0 Å². The van der Waals surface area contributed by atoms with Gasteiger partial charge in [-0.3, -0.25) is 4.99 Å². The molecular formula is C20H28ClIN4O3S. The van der Waals surface area contributed by atoms with Gasteiger partial charge in [0.2, 0.25) is 10.0 Å². The molecule has 0 aromatic heterocycles. The van der Waals surface area contributed by atoms with Crippen LogP contribution in [-0.2, 0) is 27.8 Å². The van der Waals surface area contributed by atoms with E-state index in [0.29, 0.717) is 30.7 Å². The van der Waals surface area contributed by atoms with Crippen LogP contribution in [0.1, 0.15) is 11.1 Å². The maximum Gasteiger partial charge on any atom is 0.240 e. The standard InChI is InChI=1S/C20H27ClN4O3S.HI/c1-22-20(25(2)15-17-6-4-5-7-19(17)21)23-14-16-8-10-18(11-9-16)29(26,27)24-12-13-28-3;/h4-11,24H,12-15H2,1-3H3,(H,22,23);1H. The predicted octanol–water partition coefficient (Wildman–Crippen LogP) is 3.09. The monoisotopic (exact) mass is 566 g/mol. The van der Waals surface area contributed by atoms with Crippen LogP contribution in [0.2, 0.25) is 5.02 Å². The molecule has 0 saturated carbocycles. The number of guanidine groups is 1. The first kappa shape index (κ1) is 26.6. The Morgan fingerprint density at radius 2 is 1.83 bits per heavy atom. The van der Waals surface area contributed by atoms with Crippen LogP contribution in [0.3, 0.4) is 0 Å². The highest BCUT2D eigenvalue weighted by Gasteiger charge is 2.13. The van der Waals surface area contributed by atoms with E-state index < -0.39 is 10.0 Å². The number of nitrogens with one attached hydrogen (secondary N) is 2. The maximum absolute atomic E-state index is 12.2. The number of hydrogen-bond donors (Lipinski definition) is 2. The van der Waals surface area contributed by atoms with Crippen LogP contribution < -0.4 is 10.0 Å². The zero-order valence-corrected chi connectivity index (χ0v) is 21.2. The molecule has 0 aliphatic rings. The first-order chi connectivity index (χ1) is 13.9. The second-order valence-electron chi connectivity index (χ2n) is 6.38. The number of ether oxygens (including phenoxy) is 1. The Labute approximate surface area is 200 Å². The largest absolute Gasteiger partial charge is 0.383 e. The van der Waals surface area contributed by atoms with Gasteiger partial charge in [-0.2, -0.15) is 0 Å². The number of rotatable bonds is 9. The minimum atomic E-state index is -3.53. The fourth-order valence-corrected chi connectivity index (χ4v) is 3.88. The van der Waals surface area contributed by atoms with Crippen molar-refractivity contribution in [2.24, 2.45) is 4.99 Å². The van der Waals surface area contributed by atoms with Crippen LogP contribution in [0.5, 0.6) is 0 Å². The number of nitrogens with zero attached hydrogens (tertiary/aromatic N) is 2. The van der Waals surface area contributed by atoms with E-state index in [9.17, 15) is 8.42 Å². The molecule has 0 aliphatic heterocycles. The van der Waals surface area contributed by atoms with Gasteiger partial charge in [0.15, 0.2) is 5.96 Å². The number of hydrogen-bond acceptors (Lipinski definition) is 4. The first-order valence-electron chi connectivity index (χ1n) is 9.10. The SMILES string of the molecule is CN=C(NCc1ccc(S(=O)(=O)NCCOC)cc1)N(C)Cc1ccccc1Cl.I. The molecule has 0 fully saturated rings. The Balaban J connectivity index is 0.00000450. The van der Waals surface area contributed by atoms with Crippen LogP contribution >= 0.6 is 35.6 Å². The lowest BCUT2D eigenvalue weighted by molar-refractivity contribution is 0.204. The van der Waals surface area contributed by atoms with Gasteiger partial charge in [-0.1, -0.05) is 41.9 Å². The van der Waals surface area contributed by atoms with Gasteiger partial charge in [-0.25, -0.2) is 13.1 Å². The Hall–Kier alpha value is -1.40. The minimum absolute atomic E-state index is 0. The number of benzene rings is 2. The lowest BCUT2D eigenvalue weighted by atomic mass is 10.2. The van der Waals surface area contributed by atoms with Crippen molar-refractivity contribution in [1.29, 1.82) is 0 Å². The maximum atomic E-state index is 12.2. The smallest absolute Gasteiger partial charge is 0.240 e. The number of methoxy groups -OCH3 is 1. The minimum Gasteiger partial charge on any atom is -0.383 e. The molecule has 2 rings (SSSR count). The molecule has 0 saturated heterocycles. The summed E-state index contributed by atoms with van der Waals surface area (Å²) < 4.78 is 31.8. The predicted molar refractivity (Wildman–Crippen MR) is 132 cm³/mol. The molecule has 0 amide bonds. The second-order valence-corrected chi connectivity index (χ2v) is 8.56. The van der Waals surface area contributed by atoms with Crippen molar-refractivity contribution in [2.75, 3.05) is 34.4 Å². The molecule has 0 atom stereocenters. The molecule has 7 nitrogen and oxygen atoms in total. The van der Waals surface area contributed by atoms with Crippen molar-refractivity contribution < 1.29 is 13.2 Å². The van der Waals surface area contributed by atoms with Gasteiger partial charge < -0.3 is 15.0 Å². The quantitative estimate of drug-likeness (QED) is 0.211. The van der Waals surface area contributed by atoms with Gasteiger partial charge in [-0.15, -0.1) is 24.0 Å². The molecule has 0 bridgehead atoms. The third-order valence-electron chi connectivity index (χ3n) is 4.22. The lowest BCUT2D eigenvalue weighted by Gasteiger charge is -2.22. The van der Waals surface area contributed by atoms with Crippen molar-refractivity contribution >= 4 is 51.6 Å². The summed E-state index contributed by atoms with van der Waals surface area (Å²) in [7, 11) is 1.64. The van der Waals surface area contributed by atoms with Crippen LogP contribution in [0.25, 0.3) is 0 Å². The summed E-state index contributed by atoms with van der Waals surface area (Å²) in [5.41, 5.74) is 1.95. The Morgan fingerprint density at radius 1 is 1.17 bits per heavy atom. The molecule has 2 N–H and O–H groups in total. The van der Waals surface area contributed by atoms with E-state index in [-0.39, 0.29) is 35.4 Å². The van der Waals surface area contributed by atoms with Crippen LogP contribution in [-0.4, -0.2) is 53.6 Å². The van der Waals surface area contributed by atoms with Gasteiger partial charge in [0, 0.05) is 45.9 Å². The van der Waals surface area contributed by atoms with E-state index in [0.717, 1.165) is 11.1 Å². The fraction of sp³-hybridized carbons (Fsp3) is 0.350. The molecule has 10 heteroatoms. The molecule has 0 aliphatic carbocycles. The third-order valence-corrected chi connectivity index (χ3v) is 6.07. The van der Waals surface area contributed by atoms with Crippen molar-refractivity contribution in [3.05, 3.63) is 64.7 Å². The van der Waals surface area contributed by atoms with Gasteiger partial charge in [0.1, 0.15) is 0 Å². The molecular weight excluding hydrogens is 539 g/mol. The summed E-state index contributed by atoms with van der Waals surface area (Å²) in [5.74, 6) is 0.711. The average molecular weight is 567 g/mol. The summed E-state index contributed by atoms with van der Waals surface area (Å²) in [6, 6.07) is 14.4. The van der Waals surface area contributed by atoms with Crippen LogP contribution in [0.15, 0.2) is 58.4 Å². The molecule has 0 unspecified atom stereocenters. The van der Waals surface area contributed by atoms with E-state index >= 15 is 0 Å². The topological polar surface area (TPSA) is 83.0 Å². The van der Waals surface area contributed by atoms with E-state index in [1.54, 1.807) is 31.3 Å². The van der Waals surface area contributed by atoms with Gasteiger partial charge in [-0.05, 0) is 29.3 Å². The highest BCUT2D eigenvalue weighted by molar-refractivity contribution is 14.0. The third kappa shape index (κ3) is 8.03. The summed E-state index contributed by atoms with van der Waals surface area (Å²) in [6.07, 6.45) is 0. The van der Waals surface area contributed by atoms with Crippen LogP contribution in [0, 0.1) is 0 Å². The van der Waals surface area contributed by atoms with Crippen molar-refractivity contribution in [3.63, 3.8) is 0 Å². The molecule has 2 aromatic rings. The van der Waals surface area contributed by atoms with E-state index in [1.165, 1.54) is 7.11 Å². The normalized spacial score (nSPS) is 11.7. The summed E-state index contributed by atoms with van der Waals surface area (Å²) in [5, 5.41) is 3.99. The van der Waals surface area contributed by atoms with Crippen molar-refractivity contribution in [3.8, 4) is 0 Å². The van der Waals surface area contributed by atoms with Gasteiger partial charge in [0.25, 0.3) is 0 Å². The van der Waals surface area contributed by atoms with Gasteiger partial charge >= 0.3 is 0 Å². The highest BCUT2D eigenvalue weighted by Crippen LogP contribution is 2.16. The van der Waals surface area contributed by atoms with Gasteiger partial charge in [0.05, 0.1) is 11.5 Å². The molecule has 166 valence electrons. The zero-order valence-electron chi connectivity index (χ0n) is 17.3. The Bertz CT molecular complexity index is 924. The van der Waals surface area contributed by atoms with Crippen LogP contribution in [0.4, 0.5) is 0 Å². The summed E-state index contributed by atoms with van der Waals surface area (Å²) in [6.45, 7) is 1.68. The first-order valence-corrected chi connectivity index (χ1v) is 11.0. The number of sulfonamides is 1. The molecule has 2 aromatic carbocycles. The highest BCUT2D eigenvalue weighted by atomic mass is 127. The molecule has 0 radical (unpaired) electrons. The van der Waals surface area contributed by atoms with Crippen molar-refractivity contribution in [1.82, 2.24) is 14.9 Å². The van der Waals surface area contributed by atoms with E-state index in [1.807, 2.05) is 36.2 Å². The summed E-state index contributed by atoms with van der Waals surface area (Å²) >= 11 is 6.23. The molecule has 0 spiro atoms. The second kappa shape index (κ2) is 13.1. The molecule has 30 heavy (non-hydrogen) atoms. The zero-order chi connectivity index (χ0) is 21.3. The Kier molecular flexibility index (Phi) is 11.6. The number of halogens is 2. The lowest BCUT2D eigenvalue weighted by Crippen LogP contribution is -2.38. The fourth-order valence-electron chi connectivity index (χ4n) is 2.67. The molecule has 0 heterocycles. The number of aliphatic imine (C=N–C) groups is 1. The average Bonchev–Trinajstić information content (AvgIpc) is 2.70. The Morgan fingerprint density at radius 3 is 2.43 bits per heavy atom. The summed E-state index contributed by atoms with van der Waals surface area (Å²) in [4.78, 5) is 6.49. The van der Waals surface area contributed by atoms with E-state index in [4.69, 9.17) is 16.3 Å².